The molecule has 2 rings (SSSR count). The largest absolute Gasteiger partial charge is 0.390 e. The summed E-state index contributed by atoms with van der Waals surface area (Å²) in [6, 6.07) is 3.81. The highest BCUT2D eigenvalue weighted by Gasteiger charge is 2.16. The Morgan fingerprint density at radius 2 is 2.47 bits per heavy atom. The molecule has 2 aromatic heterocycles. The summed E-state index contributed by atoms with van der Waals surface area (Å²) in [6.07, 6.45) is 0. The molecule has 0 aliphatic heterocycles. The maximum absolute atomic E-state index is 11.3. The summed E-state index contributed by atoms with van der Waals surface area (Å²) in [5.74, 6) is -0.155. The summed E-state index contributed by atoms with van der Waals surface area (Å²) in [4.78, 5) is 12.3. The highest BCUT2D eigenvalue weighted by Crippen LogP contribution is 2.26. The maximum atomic E-state index is 11.3. The summed E-state index contributed by atoms with van der Waals surface area (Å²) in [5.41, 5.74) is 1.18. The van der Waals surface area contributed by atoms with E-state index in [0.29, 0.717) is 11.4 Å². The molecule has 17 heavy (non-hydrogen) atoms. The summed E-state index contributed by atoms with van der Waals surface area (Å²) in [7, 11) is 1.57. The molecule has 90 valence electrons. The van der Waals surface area contributed by atoms with Crippen molar-refractivity contribution in [3.8, 4) is 10.6 Å². The Bertz CT molecular complexity index is 506. The van der Waals surface area contributed by atoms with Crippen molar-refractivity contribution in [1.29, 1.82) is 0 Å². The van der Waals surface area contributed by atoms with Crippen molar-refractivity contribution in [2.75, 3.05) is 7.05 Å². The van der Waals surface area contributed by atoms with E-state index >= 15 is 0 Å². The normalized spacial score (nSPS) is 10.5. The van der Waals surface area contributed by atoms with Crippen LogP contribution in [0.3, 0.4) is 0 Å². The van der Waals surface area contributed by atoms with Crippen molar-refractivity contribution in [1.82, 2.24) is 20.3 Å². The fourth-order valence-corrected chi connectivity index (χ4v) is 2.26. The average Bonchev–Trinajstić information content (AvgIpc) is 2.96. The van der Waals surface area contributed by atoms with E-state index in [2.05, 4.69) is 15.6 Å². The zero-order valence-electron chi connectivity index (χ0n) is 9.25. The summed E-state index contributed by atoms with van der Waals surface area (Å²) < 4.78 is 1.50. The smallest absolute Gasteiger partial charge is 0.241 e. The Balaban J connectivity index is 2.40. The molecule has 0 aliphatic carbocycles. The van der Waals surface area contributed by atoms with Gasteiger partial charge in [-0.2, -0.15) is 0 Å². The highest BCUT2D eigenvalue weighted by atomic mass is 32.1. The standard InChI is InChI=1S/C10H12N4O2S/c1-11-9(16)5-14-10(7(6-15)12-13-14)8-3-2-4-17-8/h2-4,15H,5-6H2,1H3,(H,11,16). The van der Waals surface area contributed by atoms with Crippen LogP contribution < -0.4 is 5.32 Å². The molecule has 0 spiro atoms. The van der Waals surface area contributed by atoms with Gasteiger partial charge in [0.1, 0.15) is 17.9 Å². The Kier molecular flexibility index (Phi) is 3.50. The topological polar surface area (TPSA) is 80.0 Å². The quantitative estimate of drug-likeness (QED) is 0.817. The number of nitrogens with zero attached hydrogens (tertiary/aromatic N) is 3. The first-order valence-electron chi connectivity index (χ1n) is 5.04. The van der Waals surface area contributed by atoms with Gasteiger partial charge in [-0.25, -0.2) is 4.68 Å². The van der Waals surface area contributed by atoms with Crippen LogP contribution in [0.5, 0.6) is 0 Å². The molecule has 0 aromatic carbocycles. The molecular weight excluding hydrogens is 240 g/mol. The van der Waals surface area contributed by atoms with Crippen LogP contribution in [0, 0.1) is 0 Å². The Labute approximate surface area is 102 Å². The van der Waals surface area contributed by atoms with Crippen LogP contribution in [-0.2, 0) is 17.9 Å². The fraction of sp³-hybridized carbons (Fsp3) is 0.300. The number of hydrogen-bond acceptors (Lipinski definition) is 5. The number of nitrogens with one attached hydrogen (secondary N) is 1. The summed E-state index contributed by atoms with van der Waals surface area (Å²) in [5, 5.41) is 21.4. The number of carbonyl (C=O) groups is 1. The predicted molar refractivity (Wildman–Crippen MR) is 63.3 cm³/mol. The lowest BCUT2D eigenvalue weighted by Gasteiger charge is -2.04. The fourth-order valence-electron chi connectivity index (χ4n) is 1.46. The number of carbonyl (C=O) groups excluding carboxylic acids is 1. The molecule has 1 amide bonds. The van der Waals surface area contributed by atoms with Gasteiger partial charge in [0.2, 0.25) is 5.91 Å². The van der Waals surface area contributed by atoms with Gasteiger partial charge in [0.05, 0.1) is 11.5 Å². The lowest BCUT2D eigenvalue weighted by molar-refractivity contribution is -0.121. The Morgan fingerprint density at radius 3 is 3.06 bits per heavy atom. The van der Waals surface area contributed by atoms with Crippen LogP contribution >= 0.6 is 11.3 Å². The molecule has 0 saturated carbocycles. The van der Waals surface area contributed by atoms with Crippen LogP contribution in [0.1, 0.15) is 5.69 Å². The molecule has 2 N–H and O–H groups in total. The molecule has 6 nitrogen and oxygen atoms in total. The Hall–Kier alpha value is -1.73. The van der Waals surface area contributed by atoms with Crippen molar-refractivity contribution < 1.29 is 9.90 Å². The highest BCUT2D eigenvalue weighted by molar-refractivity contribution is 7.13. The van der Waals surface area contributed by atoms with Gasteiger partial charge in [0, 0.05) is 7.05 Å². The molecule has 0 saturated heterocycles. The van der Waals surface area contributed by atoms with Gasteiger partial charge in [-0.3, -0.25) is 4.79 Å². The van der Waals surface area contributed by atoms with Crippen molar-refractivity contribution in [2.24, 2.45) is 0 Å². The molecule has 2 aromatic rings. The van der Waals surface area contributed by atoms with Gasteiger partial charge < -0.3 is 10.4 Å². The third-order valence-corrected chi connectivity index (χ3v) is 3.16. The number of aromatic nitrogens is 3. The summed E-state index contributed by atoms with van der Waals surface area (Å²) >= 11 is 1.52. The average molecular weight is 252 g/mol. The first-order valence-corrected chi connectivity index (χ1v) is 5.92. The van der Waals surface area contributed by atoms with Crippen LogP contribution in [0.4, 0.5) is 0 Å². The molecular formula is C10H12N4O2S. The second-order valence-electron chi connectivity index (χ2n) is 3.35. The first-order chi connectivity index (χ1) is 8.26. The van der Waals surface area contributed by atoms with Gasteiger partial charge in [-0.05, 0) is 11.4 Å². The summed E-state index contributed by atoms with van der Waals surface area (Å²) in [6.45, 7) is -0.0995. The maximum Gasteiger partial charge on any atom is 0.241 e. The molecule has 0 fully saturated rings. The van der Waals surface area contributed by atoms with E-state index < -0.39 is 0 Å². The molecule has 7 heteroatoms. The third kappa shape index (κ3) is 2.34. The van der Waals surface area contributed by atoms with Gasteiger partial charge in [0.25, 0.3) is 0 Å². The number of likely N-dealkylation sites (N-methyl/N-ethyl adjacent to an activating group) is 1. The van der Waals surface area contributed by atoms with E-state index in [0.717, 1.165) is 4.88 Å². The molecule has 0 unspecified atom stereocenters. The van der Waals surface area contributed by atoms with E-state index in [1.807, 2.05) is 17.5 Å². The van der Waals surface area contributed by atoms with Crippen LogP contribution in [-0.4, -0.2) is 33.1 Å². The van der Waals surface area contributed by atoms with Gasteiger partial charge in [-0.1, -0.05) is 11.3 Å². The molecule has 0 bridgehead atoms. The molecule has 0 radical (unpaired) electrons. The van der Waals surface area contributed by atoms with Crippen LogP contribution in [0.15, 0.2) is 17.5 Å². The van der Waals surface area contributed by atoms with Crippen molar-refractivity contribution in [3.63, 3.8) is 0 Å². The minimum atomic E-state index is -0.193. The van der Waals surface area contributed by atoms with Crippen molar-refractivity contribution in [2.45, 2.75) is 13.2 Å². The second-order valence-corrected chi connectivity index (χ2v) is 4.30. The number of thiophene rings is 1. The minimum Gasteiger partial charge on any atom is -0.390 e. The van der Waals surface area contributed by atoms with E-state index in [-0.39, 0.29) is 19.1 Å². The van der Waals surface area contributed by atoms with Crippen molar-refractivity contribution in [3.05, 3.63) is 23.2 Å². The van der Waals surface area contributed by atoms with Crippen LogP contribution in [0.2, 0.25) is 0 Å². The number of amides is 1. The van der Waals surface area contributed by atoms with Crippen LogP contribution in [0.25, 0.3) is 10.6 Å². The first kappa shape index (κ1) is 11.7. The number of hydrogen-bond donors (Lipinski definition) is 2. The van der Waals surface area contributed by atoms with E-state index in [4.69, 9.17) is 0 Å². The lowest BCUT2D eigenvalue weighted by atomic mass is 10.3. The minimum absolute atomic E-state index is 0.0940. The third-order valence-electron chi connectivity index (χ3n) is 2.28. The van der Waals surface area contributed by atoms with E-state index in [1.54, 1.807) is 7.05 Å². The zero-order valence-corrected chi connectivity index (χ0v) is 10.1. The number of rotatable bonds is 4. The monoisotopic (exact) mass is 252 g/mol. The second kappa shape index (κ2) is 5.07. The number of aliphatic hydroxyl groups excluding tert-OH is 1. The van der Waals surface area contributed by atoms with Gasteiger partial charge >= 0.3 is 0 Å². The van der Waals surface area contributed by atoms with Crippen molar-refractivity contribution >= 4 is 17.2 Å². The van der Waals surface area contributed by atoms with Gasteiger partial charge in [-0.15, -0.1) is 16.4 Å². The van der Waals surface area contributed by atoms with E-state index in [1.165, 1.54) is 16.0 Å². The van der Waals surface area contributed by atoms with E-state index in [9.17, 15) is 9.90 Å². The number of aliphatic hydroxyl groups is 1. The molecule has 0 aliphatic rings. The van der Waals surface area contributed by atoms with Gasteiger partial charge in [0.15, 0.2) is 0 Å². The lowest BCUT2D eigenvalue weighted by Crippen LogP contribution is -2.24. The zero-order chi connectivity index (χ0) is 12.3. The predicted octanol–water partition coefficient (Wildman–Crippen LogP) is 0.245. The molecule has 2 heterocycles. The molecule has 0 atom stereocenters. The SMILES string of the molecule is CNC(=O)Cn1nnc(CO)c1-c1cccs1. The Morgan fingerprint density at radius 1 is 1.65 bits per heavy atom.